The molecule has 0 spiro atoms. The fraction of sp³-hybridized carbons (Fsp3) is 0.214. The Morgan fingerprint density at radius 3 is 2.17 bits per heavy atom. The van der Waals surface area contributed by atoms with Gasteiger partial charge >= 0.3 is 0 Å². The molecule has 0 aliphatic heterocycles. The first-order valence-corrected chi connectivity index (χ1v) is 12.0. The number of methoxy groups -OCH3 is 1. The Morgan fingerprint density at radius 1 is 0.944 bits per heavy atom. The molecule has 3 heterocycles. The SMILES string of the molecule is CCn1ccc(NC(=O)c2cc3c(nc2OC)nc(C(c2ccccc2)c2ccccc2)n3CC)n1. The molecule has 0 radical (unpaired) electrons. The molecule has 1 N–H and O–H groups in total. The summed E-state index contributed by atoms with van der Waals surface area (Å²) in [5.41, 5.74) is 3.89. The maximum absolute atomic E-state index is 13.2. The normalized spacial score (nSPS) is 11.2. The summed E-state index contributed by atoms with van der Waals surface area (Å²) in [4.78, 5) is 22.8. The van der Waals surface area contributed by atoms with E-state index in [1.54, 1.807) is 16.8 Å². The number of ether oxygens (including phenoxy) is 1. The van der Waals surface area contributed by atoms with Crippen LogP contribution in [0.15, 0.2) is 79.0 Å². The minimum atomic E-state index is -0.337. The molecule has 0 aliphatic rings. The highest BCUT2D eigenvalue weighted by Crippen LogP contribution is 2.34. The number of aromatic nitrogens is 5. The summed E-state index contributed by atoms with van der Waals surface area (Å²) < 4.78 is 9.37. The first-order valence-electron chi connectivity index (χ1n) is 12.0. The van der Waals surface area contributed by atoms with Gasteiger partial charge in [-0.1, -0.05) is 60.7 Å². The van der Waals surface area contributed by atoms with Crippen molar-refractivity contribution in [2.24, 2.45) is 0 Å². The van der Waals surface area contributed by atoms with Gasteiger partial charge in [0, 0.05) is 25.4 Å². The van der Waals surface area contributed by atoms with E-state index in [0.29, 0.717) is 23.6 Å². The number of aryl methyl sites for hydroxylation is 2. The summed E-state index contributed by atoms with van der Waals surface area (Å²) in [6.07, 6.45) is 1.82. The van der Waals surface area contributed by atoms with Crippen LogP contribution in [-0.4, -0.2) is 37.3 Å². The molecule has 182 valence electrons. The van der Waals surface area contributed by atoms with Crippen molar-refractivity contribution in [2.45, 2.75) is 32.9 Å². The molecule has 1 amide bonds. The predicted molar refractivity (Wildman–Crippen MR) is 139 cm³/mol. The average Bonchev–Trinajstić information content (AvgIpc) is 3.52. The van der Waals surface area contributed by atoms with Crippen molar-refractivity contribution in [3.8, 4) is 5.88 Å². The lowest BCUT2D eigenvalue weighted by Gasteiger charge is -2.19. The van der Waals surface area contributed by atoms with E-state index in [4.69, 9.17) is 9.72 Å². The molecule has 36 heavy (non-hydrogen) atoms. The van der Waals surface area contributed by atoms with Crippen molar-refractivity contribution in [3.05, 3.63) is 102 Å². The highest BCUT2D eigenvalue weighted by Gasteiger charge is 2.26. The summed E-state index contributed by atoms with van der Waals surface area (Å²) in [5.74, 6) is 1.12. The van der Waals surface area contributed by atoms with Gasteiger partial charge < -0.3 is 14.6 Å². The third-order valence-electron chi connectivity index (χ3n) is 6.22. The quantitative estimate of drug-likeness (QED) is 0.334. The summed E-state index contributed by atoms with van der Waals surface area (Å²) in [6, 6.07) is 24.2. The molecule has 8 nitrogen and oxygen atoms in total. The Morgan fingerprint density at radius 2 is 1.61 bits per heavy atom. The van der Waals surface area contributed by atoms with Gasteiger partial charge in [-0.05, 0) is 31.0 Å². The van der Waals surface area contributed by atoms with Gasteiger partial charge in [0.25, 0.3) is 5.91 Å². The number of carbonyl (C=O) groups excluding carboxylic acids is 1. The van der Waals surface area contributed by atoms with E-state index in [1.807, 2.05) is 49.5 Å². The van der Waals surface area contributed by atoms with Gasteiger partial charge in [-0.25, -0.2) is 4.98 Å². The second kappa shape index (κ2) is 10.0. The molecular weight excluding hydrogens is 452 g/mol. The molecule has 0 saturated heterocycles. The van der Waals surface area contributed by atoms with Crippen LogP contribution in [0.25, 0.3) is 11.2 Å². The van der Waals surface area contributed by atoms with Crippen molar-refractivity contribution in [3.63, 3.8) is 0 Å². The number of fused-ring (bicyclic) bond motifs is 1. The monoisotopic (exact) mass is 480 g/mol. The fourth-order valence-electron chi connectivity index (χ4n) is 4.49. The molecule has 0 bridgehead atoms. The molecule has 5 aromatic rings. The number of amides is 1. The Bertz CT molecular complexity index is 1450. The number of anilines is 1. The molecule has 0 unspecified atom stereocenters. The summed E-state index contributed by atoms with van der Waals surface area (Å²) in [7, 11) is 1.51. The summed E-state index contributed by atoms with van der Waals surface area (Å²) in [6.45, 7) is 5.44. The minimum Gasteiger partial charge on any atom is -0.480 e. The van der Waals surface area contributed by atoms with Gasteiger partial charge in [0.15, 0.2) is 11.5 Å². The molecule has 5 rings (SSSR count). The number of imidazole rings is 1. The van der Waals surface area contributed by atoms with E-state index in [0.717, 1.165) is 29.0 Å². The summed E-state index contributed by atoms with van der Waals surface area (Å²) >= 11 is 0. The number of nitrogens with zero attached hydrogens (tertiary/aromatic N) is 5. The van der Waals surface area contributed by atoms with E-state index in [2.05, 4.69) is 51.2 Å². The van der Waals surface area contributed by atoms with Crippen molar-refractivity contribution < 1.29 is 9.53 Å². The van der Waals surface area contributed by atoms with Crippen molar-refractivity contribution in [1.29, 1.82) is 0 Å². The van der Waals surface area contributed by atoms with Crippen LogP contribution in [0.4, 0.5) is 5.82 Å². The lowest BCUT2D eigenvalue weighted by atomic mass is 9.90. The van der Waals surface area contributed by atoms with E-state index < -0.39 is 0 Å². The third kappa shape index (κ3) is 4.33. The molecule has 2 aromatic carbocycles. The predicted octanol–water partition coefficient (Wildman–Crippen LogP) is 5.11. The Hall–Kier alpha value is -4.46. The number of pyridine rings is 1. The van der Waals surface area contributed by atoms with Crippen LogP contribution in [-0.2, 0) is 13.1 Å². The third-order valence-corrected chi connectivity index (χ3v) is 6.22. The molecule has 0 saturated carbocycles. The lowest BCUT2D eigenvalue weighted by Crippen LogP contribution is -2.15. The second-order valence-corrected chi connectivity index (χ2v) is 8.37. The van der Waals surface area contributed by atoms with E-state index in [1.165, 1.54) is 7.11 Å². The zero-order chi connectivity index (χ0) is 25.1. The zero-order valence-corrected chi connectivity index (χ0v) is 20.5. The van der Waals surface area contributed by atoms with Crippen LogP contribution in [0, 0.1) is 0 Å². The number of carbonyl (C=O) groups is 1. The average molecular weight is 481 g/mol. The Kier molecular flexibility index (Phi) is 6.49. The van der Waals surface area contributed by atoms with Crippen LogP contribution in [0.3, 0.4) is 0 Å². The van der Waals surface area contributed by atoms with E-state index in [-0.39, 0.29) is 17.7 Å². The Labute approximate surface area is 209 Å². The summed E-state index contributed by atoms with van der Waals surface area (Å²) in [5, 5.41) is 7.20. The van der Waals surface area contributed by atoms with Gasteiger partial charge in [0.2, 0.25) is 5.88 Å². The van der Waals surface area contributed by atoms with Crippen LogP contribution in [0.1, 0.15) is 47.1 Å². The first-order chi connectivity index (χ1) is 17.6. The molecule has 0 atom stereocenters. The topological polar surface area (TPSA) is 86.9 Å². The van der Waals surface area contributed by atoms with E-state index in [9.17, 15) is 4.79 Å². The molecule has 0 fully saturated rings. The number of rotatable bonds is 8. The highest BCUT2D eigenvalue weighted by molar-refractivity contribution is 6.07. The second-order valence-electron chi connectivity index (χ2n) is 8.37. The van der Waals surface area contributed by atoms with Crippen molar-refractivity contribution in [2.75, 3.05) is 12.4 Å². The zero-order valence-electron chi connectivity index (χ0n) is 20.5. The van der Waals surface area contributed by atoms with Gasteiger partial charge in [-0.3, -0.25) is 9.48 Å². The first kappa shape index (κ1) is 23.3. The smallest absolute Gasteiger partial charge is 0.262 e. The minimum absolute atomic E-state index is 0.0946. The van der Waals surface area contributed by atoms with Crippen molar-refractivity contribution >= 4 is 22.9 Å². The van der Waals surface area contributed by atoms with E-state index >= 15 is 0 Å². The van der Waals surface area contributed by atoms with Gasteiger partial charge in [0.1, 0.15) is 11.4 Å². The molecule has 8 heteroatoms. The standard InChI is InChI=1S/C28H28N6O2/c1-4-33-17-16-23(32-33)29-27(35)21-18-22-25(31-28(21)36-3)30-26(34(22)5-2)24(19-12-8-6-9-13-19)20-14-10-7-11-15-20/h6-18,24H,4-5H2,1-3H3,(H,29,32,35). The van der Waals surface area contributed by atoms with Crippen LogP contribution in [0.2, 0.25) is 0 Å². The maximum atomic E-state index is 13.2. The van der Waals surface area contributed by atoms with Crippen LogP contribution in [0.5, 0.6) is 5.88 Å². The van der Waals surface area contributed by atoms with Gasteiger partial charge in [-0.2, -0.15) is 10.1 Å². The number of hydrogen-bond donors (Lipinski definition) is 1. The number of nitrogens with one attached hydrogen (secondary N) is 1. The largest absolute Gasteiger partial charge is 0.480 e. The van der Waals surface area contributed by atoms with Crippen molar-refractivity contribution in [1.82, 2.24) is 24.3 Å². The van der Waals surface area contributed by atoms with Gasteiger partial charge in [-0.15, -0.1) is 0 Å². The van der Waals surface area contributed by atoms with Gasteiger partial charge in [0.05, 0.1) is 18.5 Å². The van der Waals surface area contributed by atoms with Crippen LogP contribution >= 0.6 is 0 Å². The van der Waals surface area contributed by atoms with Crippen LogP contribution < -0.4 is 10.1 Å². The Balaban J connectivity index is 1.63. The maximum Gasteiger partial charge on any atom is 0.262 e. The fourth-order valence-corrected chi connectivity index (χ4v) is 4.49. The molecule has 3 aromatic heterocycles. The number of hydrogen-bond acceptors (Lipinski definition) is 5. The number of benzene rings is 2. The highest BCUT2D eigenvalue weighted by atomic mass is 16.5. The molecular formula is C28H28N6O2. The lowest BCUT2D eigenvalue weighted by molar-refractivity contribution is 0.102. The molecule has 0 aliphatic carbocycles.